The number of fused-ring (bicyclic) bond motifs is 1. The predicted octanol–water partition coefficient (Wildman–Crippen LogP) is 5.53. The Kier molecular flexibility index (Phi) is 5.54. The van der Waals surface area contributed by atoms with E-state index in [2.05, 4.69) is 20.5 Å². The van der Waals surface area contributed by atoms with E-state index >= 15 is 0 Å². The third kappa shape index (κ3) is 4.47. The molecular formula is C23H19ClF4N6O. The quantitative estimate of drug-likeness (QED) is 0.361. The van der Waals surface area contributed by atoms with Crippen molar-refractivity contribution in [1.82, 2.24) is 24.4 Å². The first-order valence-electron chi connectivity index (χ1n) is 10.8. The number of hydrogen-bond acceptors (Lipinski definition) is 4. The van der Waals surface area contributed by atoms with Gasteiger partial charge in [-0.1, -0.05) is 17.7 Å². The molecule has 1 amide bonds. The van der Waals surface area contributed by atoms with E-state index in [9.17, 15) is 22.4 Å². The van der Waals surface area contributed by atoms with Crippen LogP contribution < -0.4 is 5.32 Å². The summed E-state index contributed by atoms with van der Waals surface area (Å²) in [7, 11) is 0. The van der Waals surface area contributed by atoms with Crippen LogP contribution >= 0.6 is 11.6 Å². The van der Waals surface area contributed by atoms with Gasteiger partial charge in [-0.05, 0) is 50.5 Å². The number of aryl methyl sites for hydroxylation is 1. The van der Waals surface area contributed by atoms with Gasteiger partial charge in [0.2, 0.25) is 0 Å². The van der Waals surface area contributed by atoms with Crippen molar-refractivity contribution >= 4 is 28.8 Å². The lowest BCUT2D eigenvalue weighted by Gasteiger charge is -2.10. The lowest BCUT2D eigenvalue weighted by atomic mass is 10.2. The Hall–Kier alpha value is -3.47. The first kappa shape index (κ1) is 23.3. The Labute approximate surface area is 201 Å². The molecule has 0 spiro atoms. The molecular weight excluding hydrogens is 488 g/mol. The average molecular weight is 507 g/mol. The van der Waals surface area contributed by atoms with Crippen molar-refractivity contribution in [3.8, 4) is 0 Å². The summed E-state index contributed by atoms with van der Waals surface area (Å²) in [5.41, 5.74) is 1.24. The summed E-state index contributed by atoms with van der Waals surface area (Å²) in [6, 6.07) is 6.27. The van der Waals surface area contributed by atoms with Gasteiger partial charge in [0.25, 0.3) is 5.91 Å². The lowest BCUT2D eigenvalue weighted by molar-refractivity contribution is -0.142. The maximum atomic E-state index is 13.6. The molecule has 0 saturated heterocycles. The smallest absolute Gasteiger partial charge is 0.317 e. The van der Waals surface area contributed by atoms with Crippen molar-refractivity contribution in [1.29, 1.82) is 0 Å². The van der Waals surface area contributed by atoms with E-state index in [0.29, 0.717) is 32.8 Å². The van der Waals surface area contributed by atoms with Gasteiger partial charge in [-0.2, -0.15) is 23.4 Å². The highest BCUT2D eigenvalue weighted by Crippen LogP contribution is 2.41. The van der Waals surface area contributed by atoms with E-state index in [1.54, 1.807) is 24.6 Å². The van der Waals surface area contributed by atoms with Gasteiger partial charge in [0, 0.05) is 22.7 Å². The SMILES string of the molecule is Cc1nn(Cc2ccc(F)cc2Cl)c(C)c1NC(=O)c1cc2nc(C3CC3)cc(C(F)(F)F)n2n1. The number of benzene rings is 1. The number of halogens is 5. The van der Waals surface area contributed by atoms with Gasteiger partial charge in [-0.3, -0.25) is 9.48 Å². The van der Waals surface area contributed by atoms with Crippen molar-refractivity contribution in [2.75, 3.05) is 5.32 Å². The fourth-order valence-electron chi connectivity index (χ4n) is 3.92. The van der Waals surface area contributed by atoms with Gasteiger partial charge in [-0.15, -0.1) is 0 Å². The van der Waals surface area contributed by atoms with Crippen LogP contribution in [0.1, 0.15) is 57.6 Å². The first-order valence-corrected chi connectivity index (χ1v) is 11.2. The van der Waals surface area contributed by atoms with Crippen LogP contribution in [-0.4, -0.2) is 30.3 Å². The number of amides is 1. The minimum absolute atomic E-state index is 0.000902. The summed E-state index contributed by atoms with van der Waals surface area (Å²) in [6.07, 6.45) is -3.08. The van der Waals surface area contributed by atoms with Crippen molar-refractivity contribution < 1.29 is 22.4 Å². The summed E-state index contributed by atoms with van der Waals surface area (Å²) in [5.74, 6) is -1.15. The van der Waals surface area contributed by atoms with Crippen molar-refractivity contribution in [2.45, 2.75) is 45.3 Å². The number of aromatic nitrogens is 5. The third-order valence-electron chi connectivity index (χ3n) is 5.92. The molecule has 5 rings (SSSR count). The molecule has 0 radical (unpaired) electrons. The normalized spacial score (nSPS) is 14.0. The molecule has 0 aliphatic heterocycles. The Morgan fingerprint density at radius 2 is 1.91 bits per heavy atom. The summed E-state index contributed by atoms with van der Waals surface area (Å²) in [6.45, 7) is 3.64. The van der Waals surface area contributed by atoms with E-state index in [4.69, 9.17) is 11.6 Å². The Bertz CT molecular complexity index is 1470. The second-order valence-electron chi connectivity index (χ2n) is 8.53. The van der Waals surface area contributed by atoms with E-state index < -0.39 is 23.6 Å². The number of carbonyl (C=O) groups is 1. The van der Waals surface area contributed by atoms with Gasteiger partial charge in [0.1, 0.15) is 11.5 Å². The van der Waals surface area contributed by atoms with Crippen molar-refractivity contribution in [2.24, 2.45) is 0 Å². The van der Waals surface area contributed by atoms with E-state index in [0.717, 1.165) is 18.9 Å². The standard InChI is InChI=1S/C23H19ClF4N6O/c1-11-21(12(2)33(31-11)10-14-5-6-15(25)7-16(14)24)30-22(35)18-9-20-29-17(13-3-4-13)8-19(23(26,27)28)34(20)32-18/h5-9,13H,3-4,10H2,1-2H3,(H,30,35). The predicted molar refractivity (Wildman–Crippen MR) is 120 cm³/mol. The molecule has 4 aromatic rings. The molecule has 3 aromatic heterocycles. The number of nitrogens with one attached hydrogen (secondary N) is 1. The molecule has 1 aromatic carbocycles. The Balaban J connectivity index is 1.44. The summed E-state index contributed by atoms with van der Waals surface area (Å²) < 4.78 is 56.5. The summed E-state index contributed by atoms with van der Waals surface area (Å²) >= 11 is 6.11. The summed E-state index contributed by atoms with van der Waals surface area (Å²) in [5, 5.41) is 11.2. The van der Waals surface area contributed by atoms with Crippen LogP contribution in [0.4, 0.5) is 23.2 Å². The van der Waals surface area contributed by atoms with E-state index in [-0.39, 0.29) is 28.8 Å². The minimum Gasteiger partial charge on any atom is -0.317 e. The second kappa shape index (κ2) is 8.33. The van der Waals surface area contributed by atoms with Gasteiger partial charge in [0.15, 0.2) is 11.3 Å². The first-order chi connectivity index (χ1) is 16.5. The Morgan fingerprint density at radius 1 is 1.17 bits per heavy atom. The fourth-order valence-corrected chi connectivity index (χ4v) is 4.14. The zero-order chi connectivity index (χ0) is 25.1. The lowest BCUT2D eigenvalue weighted by Crippen LogP contribution is -2.16. The molecule has 182 valence electrons. The largest absolute Gasteiger partial charge is 0.433 e. The highest BCUT2D eigenvalue weighted by Gasteiger charge is 2.37. The zero-order valence-corrected chi connectivity index (χ0v) is 19.4. The number of hydrogen-bond donors (Lipinski definition) is 1. The van der Waals surface area contributed by atoms with Gasteiger partial charge < -0.3 is 5.32 Å². The number of nitrogens with zero attached hydrogens (tertiary/aromatic N) is 5. The van der Waals surface area contributed by atoms with Crippen LogP contribution in [0, 0.1) is 19.7 Å². The summed E-state index contributed by atoms with van der Waals surface area (Å²) in [4.78, 5) is 17.2. The molecule has 0 atom stereocenters. The molecule has 1 saturated carbocycles. The molecule has 1 N–H and O–H groups in total. The zero-order valence-electron chi connectivity index (χ0n) is 18.6. The topological polar surface area (TPSA) is 77.1 Å². The Morgan fingerprint density at radius 3 is 2.57 bits per heavy atom. The van der Waals surface area contributed by atoms with Gasteiger partial charge in [0.05, 0.1) is 23.6 Å². The molecule has 12 heteroatoms. The van der Waals surface area contributed by atoms with Crippen LogP contribution in [0.5, 0.6) is 0 Å². The number of carbonyl (C=O) groups excluding carboxylic acids is 1. The van der Waals surface area contributed by atoms with Crippen LogP contribution in [0.3, 0.4) is 0 Å². The molecule has 1 fully saturated rings. The molecule has 0 bridgehead atoms. The van der Waals surface area contributed by atoms with E-state index in [1.165, 1.54) is 18.2 Å². The maximum Gasteiger partial charge on any atom is 0.433 e. The third-order valence-corrected chi connectivity index (χ3v) is 6.27. The van der Waals surface area contributed by atoms with Gasteiger partial charge in [-0.25, -0.2) is 13.9 Å². The maximum absolute atomic E-state index is 13.6. The molecule has 1 aliphatic rings. The molecule has 35 heavy (non-hydrogen) atoms. The monoisotopic (exact) mass is 506 g/mol. The van der Waals surface area contributed by atoms with E-state index in [1.807, 2.05) is 0 Å². The van der Waals surface area contributed by atoms with Crippen molar-refractivity contribution in [3.63, 3.8) is 0 Å². The number of rotatable bonds is 5. The fraction of sp³-hybridized carbons (Fsp3) is 0.304. The number of alkyl halides is 3. The highest BCUT2D eigenvalue weighted by molar-refractivity contribution is 6.31. The molecule has 1 aliphatic carbocycles. The molecule has 7 nitrogen and oxygen atoms in total. The number of anilines is 1. The van der Waals surface area contributed by atoms with Crippen LogP contribution in [0.25, 0.3) is 5.65 Å². The van der Waals surface area contributed by atoms with Crippen LogP contribution in [-0.2, 0) is 12.7 Å². The van der Waals surface area contributed by atoms with Gasteiger partial charge >= 0.3 is 6.18 Å². The molecule has 3 heterocycles. The highest BCUT2D eigenvalue weighted by atomic mass is 35.5. The van der Waals surface area contributed by atoms with Crippen LogP contribution in [0.2, 0.25) is 5.02 Å². The average Bonchev–Trinajstić information content (AvgIpc) is 3.49. The second-order valence-corrected chi connectivity index (χ2v) is 8.94. The van der Waals surface area contributed by atoms with Crippen LogP contribution in [0.15, 0.2) is 30.3 Å². The minimum atomic E-state index is -4.65. The molecule has 0 unspecified atom stereocenters. The van der Waals surface area contributed by atoms with Crippen molar-refractivity contribution in [3.05, 3.63) is 75.2 Å².